The fourth-order valence-corrected chi connectivity index (χ4v) is 4.19. The van der Waals surface area contributed by atoms with Crippen LogP contribution in [0.25, 0.3) is 0 Å². The summed E-state index contributed by atoms with van der Waals surface area (Å²) in [6, 6.07) is 10.3. The number of likely N-dealkylation sites (N-methyl/N-ethyl adjacent to an activating group) is 1. The van der Waals surface area contributed by atoms with E-state index < -0.39 is 16.1 Å². The van der Waals surface area contributed by atoms with Gasteiger partial charge in [-0.25, -0.2) is 4.31 Å². The van der Waals surface area contributed by atoms with Gasteiger partial charge in [-0.2, -0.15) is 8.42 Å². The van der Waals surface area contributed by atoms with E-state index in [1.54, 1.807) is 36.4 Å². The Morgan fingerprint density at radius 2 is 1.65 bits per heavy atom. The molecule has 0 aromatic heterocycles. The number of benzene rings is 2. The van der Waals surface area contributed by atoms with Gasteiger partial charge in [0.05, 0.1) is 5.71 Å². The van der Waals surface area contributed by atoms with Gasteiger partial charge in [-0.15, -0.1) is 4.40 Å². The van der Waals surface area contributed by atoms with E-state index in [-0.39, 0.29) is 31.5 Å². The highest BCUT2D eigenvalue weighted by Crippen LogP contribution is 2.34. The van der Waals surface area contributed by atoms with Crippen LogP contribution in [0.4, 0.5) is 0 Å². The molecule has 0 spiro atoms. The molecular weight excluding hydrogens is 426 g/mol. The number of ether oxygens (including phenoxy) is 4. The van der Waals surface area contributed by atoms with Crippen molar-refractivity contribution in [2.45, 2.75) is 6.54 Å². The lowest BCUT2D eigenvalue weighted by Gasteiger charge is -2.23. The molecule has 2 aromatic carbocycles. The molecule has 1 N–H and O–H groups in total. The van der Waals surface area contributed by atoms with Crippen LogP contribution in [0.3, 0.4) is 0 Å². The highest BCUT2D eigenvalue weighted by molar-refractivity contribution is 7.88. The molecule has 31 heavy (non-hydrogen) atoms. The highest BCUT2D eigenvalue weighted by atomic mass is 32.2. The number of carbonyl (C=O) groups is 1. The molecule has 3 aliphatic rings. The molecule has 0 saturated carbocycles. The molecule has 10 nitrogen and oxygen atoms in total. The molecule has 11 heteroatoms. The molecule has 1 amide bonds. The van der Waals surface area contributed by atoms with E-state index in [0.717, 1.165) is 9.87 Å². The minimum absolute atomic E-state index is 0.0524. The van der Waals surface area contributed by atoms with Gasteiger partial charge in [-0.1, -0.05) is 6.07 Å². The normalized spacial score (nSPS) is 17.8. The number of rotatable bonds is 4. The van der Waals surface area contributed by atoms with E-state index in [1.165, 1.54) is 13.1 Å². The lowest BCUT2D eigenvalue weighted by Crippen LogP contribution is -2.38. The Kier molecular flexibility index (Phi) is 4.47. The van der Waals surface area contributed by atoms with Crippen molar-refractivity contribution < 1.29 is 32.2 Å². The van der Waals surface area contributed by atoms with E-state index in [1.807, 2.05) is 0 Å². The number of allylic oxidation sites excluding steroid dienone is 1. The van der Waals surface area contributed by atoms with E-state index in [4.69, 9.17) is 18.9 Å². The van der Waals surface area contributed by atoms with Gasteiger partial charge < -0.3 is 24.3 Å². The van der Waals surface area contributed by atoms with Crippen LogP contribution in [0.15, 0.2) is 52.6 Å². The molecule has 0 radical (unpaired) electrons. The molecule has 0 bridgehead atoms. The number of carbonyl (C=O) groups excluding carboxylic acids is 1. The van der Waals surface area contributed by atoms with Crippen molar-refractivity contribution in [2.24, 2.45) is 4.40 Å². The first-order valence-electron chi connectivity index (χ1n) is 9.28. The van der Waals surface area contributed by atoms with Gasteiger partial charge in [0.25, 0.3) is 5.91 Å². The minimum Gasteiger partial charge on any atom is -0.454 e. The molecule has 3 heterocycles. The number of nitrogens with zero attached hydrogens (tertiary/aromatic N) is 2. The van der Waals surface area contributed by atoms with Crippen LogP contribution in [-0.2, 0) is 21.5 Å². The quantitative estimate of drug-likeness (QED) is 0.758. The summed E-state index contributed by atoms with van der Waals surface area (Å²) in [6.45, 7) is 0.426. The summed E-state index contributed by atoms with van der Waals surface area (Å²) >= 11 is 0. The third kappa shape index (κ3) is 3.52. The third-order valence-corrected chi connectivity index (χ3v) is 6.28. The molecule has 0 fully saturated rings. The summed E-state index contributed by atoms with van der Waals surface area (Å²) in [5.74, 6) is 1.72. The predicted molar refractivity (Wildman–Crippen MR) is 108 cm³/mol. The molecule has 2 aromatic rings. The van der Waals surface area contributed by atoms with Crippen molar-refractivity contribution in [3.63, 3.8) is 0 Å². The first-order chi connectivity index (χ1) is 14.9. The Hall–Kier alpha value is -3.73. The molecule has 0 unspecified atom stereocenters. The highest BCUT2D eigenvalue weighted by Gasteiger charge is 2.30. The zero-order valence-electron chi connectivity index (χ0n) is 16.3. The number of amides is 1. The first-order valence-corrected chi connectivity index (χ1v) is 10.7. The number of hydrogen-bond acceptors (Lipinski definition) is 7. The van der Waals surface area contributed by atoms with Crippen molar-refractivity contribution >= 4 is 21.8 Å². The summed E-state index contributed by atoms with van der Waals surface area (Å²) in [7, 11) is -2.80. The average Bonchev–Trinajstić information content (AvgIpc) is 3.41. The molecule has 160 valence electrons. The molecule has 0 saturated heterocycles. The molecule has 3 aliphatic heterocycles. The summed E-state index contributed by atoms with van der Waals surface area (Å²) < 4.78 is 51.0. The van der Waals surface area contributed by atoms with Gasteiger partial charge >= 0.3 is 10.2 Å². The van der Waals surface area contributed by atoms with Gasteiger partial charge in [-0.05, 0) is 42.0 Å². The van der Waals surface area contributed by atoms with Crippen molar-refractivity contribution in [2.75, 3.05) is 20.6 Å². The van der Waals surface area contributed by atoms with E-state index >= 15 is 0 Å². The maximum Gasteiger partial charge on any atom is 0.345 e. The Morgan fingerprint density at radius 3 is 2.39 bits per heavy atom. The molecule has 0 atom stereocenters. The van der Waals surface area contributed by atoms with Gasteiger partial charge in [0.2, 0.25) is 13.6 Å². The first kappa shape index (κ1) is 19.2. The fraction of sp³-hybridized carbons (Fsp3) is 0.200. The topological polar surface area (TPSA) is 116 Å². The zero-order chi connectivity index (χ0) is 21.6. The molecular formula is C20H17N3O7S. The monoisotopic (exact) mass is 443 g/mol. The van der Waals surface area contributed by atoms with Crippen LogP contribution < -0.4 is 24.3 Å². The largest absolute Gasteiger partial charge is 0.454 e. The van der Waals surface area contributed by atoms with Gasteiger partial charge in [0, 0.05) is 19.2 Å². The second kappa shape index (κ2) is 7.20. The van der Waals surface area contributed by atoms with E-state index in [0.29, 0.717) is 28.6 Å². The van der Waals surface area contributed by atoms with E-state index in [9.17, 15) is 13.2 Å². The van der Waals surface area contributed by atoms with Crippen molar-refractivity contribution in [1.29, 1.82) is 0 Å². The Morgan fingerprint density at radius 1 is 1.00 bits per heavy atom. The fourth-order valence-electron chi connectivity index (χ4n) is 3.28. The lowest BCUT2D eigenvalue weighted by atomic mass is 10.1. The summed E-state index contributed by atoms with van der Waals surface area (Å²) in [5, 5.41) is 2.73. The third-order valence-electron chi connectivity index (χ3n) is 4.96. The van der Waals surface area contributed by atoms with Crippen LogP contribution in [-0.4, -0.2) is 45.0 Å². The molecule has 0 aliphatic carbocycles. The molecule has 5 rings (SSSR count). The number of hydrogen-bond donors (Lipinski definition) is 1. The van der Waals surface area contributed by atoms with Crippen LogP contribution >= 0.6 is 0 Å². The van der Waals surface area contributed by atoms with Crippen molar-refractivity contribution in [3.8, 4) is 23.0 Å². The summed E-state index contributed by atoms with van der Waals surface area (Å²) in [5.41, 5.74) is 1.35. The predicted octanol–water partition coefficient (Wildman–Crippen LogP) is 1.32. The smallest absolute Gasteiger partial charge is 0.345 e. The Bertz CT molecular complexity index is 1250. The van der Waals surface area contributed by atoms with Crippen molar-refractivity contribution in [1.82, 2.24) is 9.62 Å². The van der Waals surface area contributed by atoms with Gasteiger partial charge in [-0.3, -0.25) is 4.79 Å². The van der Waals surface area contributed by atoms with Crippen LogP contribution in [0.5, 0.6) is 23.0 Å². The lowest BCUT2D eigenvalue weighted by molar-refractivity contribution is -0.118. The van der Waals surface area contributed by atoms with Gasteiger partial charge in [0.15, 0.2) is 23.0 Å². The number of fused-ring (bicyclic) bond motifs is 2. The standard InChI is InChI=1S/C20H17N3O7S/c1-23-15(20(24)21-9-12-2-4-16-18(6-12)29-10-27-16)8-14(22-31(23,25)26)13-3-5-17-19(7-13)30-11-28-17/h2-8H,9-11H2,1H3,(H,21,24). The average molecular weight is 443 g/mol. The SMILES string of the molecule is CN1C(C(=O)NCc2ccc3c(c2)OCO3)=CC(c2ccc3c(c2)OCO3)=NS1(=O)=O. The zero-order valence-corrected chi connectivity index (χ0v) is 17.1. The van der Waals surface area contributed by atoms with Crippen LogP contribution in [0.1, 0.15) is 11.1 Å². The van der Waals surface area contributed by atoms with E-state index in [2.05, 4.69) is 9.71 Å². The summed E-state index contributed by atoms with van der Waals surface area (Å²) in [6.07, 6.45) is 1.42. The summed E-state index contributed by atoms with van der Waals surface area (Å²) in [4.78, 5) is 12.8. The maximum atomic E-state index is 12.8. The van der Waals surface area contributed by atoms with Gasteiger partial charge in [0.1, 0.15) is 5.70 Å². The second-order valence-corrected chi connectivity index (χ2v) is 8.52. The van der Waals surface area contributed by atoms with Crippen molar-refractivity contribution in [3.05, 3.63) is 59.3 Å². The van der Waals surface area contributed by atoms with Crippen LogP contribution in [0.2, 0.25) is 0 Å². The Labute approximate surface area is 177 Å². The maximum absolute atomic E-state index is 12.8. The second-order valence-electron chi connectivity index (χ2n) is 6.89. The number of nitrogens with one attached hydrogen (secondary N) is 1. The Balaban J connectivity index is 1.39. The van der Waals surface area contributed by atoms with Crippen LogP contribution in [0, 0.1) is 0 Å². The minimum atomic E-state index is -4.07.